The third-order valence-electron chi connectivity index (χ3n) is 2.89. The minimum atomic E-state index is 0.163. The first-order valence-electron chi connectivity index (χ1n) is 5.64. The van der Waals surface area contributed by atoms with Gasteiger partial charge in [-0.1, -0.05) is 62.2 Å². The van der Waals surface area contributed by atoms with Crippen molar-refractivity contribution in [3.8, 4) is 0 Å². The first kappa shape index (κ1) is 12.0. The lowest BCUT2D eigenvalue weighted by molar-refractivity contribution is 0.504. The molecule has 1 rings (SSSR count). The van der Waals surface area contributed by atoms with Crippen molar-refractivity contribution in [3.05, 3.63) is 41.5 Å². The van der Waals surface area contributed by atoms with E-state index in [0.717, 1.165) is 6.42 Å². The van der Waals surface area contributed by atoms with Crippen molar-refractivity contribution in [3.63, 3.8) is 0 Å². The van der Waals surface area contributed by atoms with Gasteiger partial charge in [0.2, 0.25) is 0 Å². The number of hydrogen-bond acceptors (Lipinski definition) is 1. The minimum absolute atomic E-state index is 0.163. The van der Waals surface area contributed by atoms with E-state index in [-0.39, 0.29) is 6.04 Å². The van der Waals surface area contributed by atoms with Crippen LogP contribution in [0.25, 0.3) is 6.08 Å². The Balaban J connectivity index is 2.61. The topological polar surface area (TPSA) is 26.0 Å². The monoisotopic (exact) mass is 203 g/mol. The molecule has 15 heavy (non-hydrogen) atoms. The molecule has 2 N–H and O–H groups in total. The average Bonchev–Trinajstić information content (AvgIpc) is 2.26. The highest BCUT2D eigenvalue weighted by Crippen LogP contribution is 2.10. The molecule has 1 nitrogen and oxygen atoms in total. The van der Waals surface area contributed by atoms with Gasteiger partial charge in [0, 0.05) is 6.04 Å². The molecular weight excluding hydrogens is 182 g/mol. The molecule has 0 aliphatic rings. The van der Waals surface area contributed by atoms with E-state index >= 15 is 0 Å². The van der Waals surface area contributed by atoms with Gasteiger partial charge >= 0.3 is 0 Å². The molecule has 0 amide bonds. The smallest absolute Gasteiger partial charge is 0.0252 e. The fraction of sp³-hybridized carbons (Fsp3) is 0.429. The predicted octanol–water partition coefficient (Wildman–Crippen LogP) is 3.38. The van der Waals surface area contributed by atoms with Gasteiger partial charge < -0.3 is 5.73 Å². The largest absolute Gasteiger partial charge is 0.324 e. The second kappa shape index (κ2) is 5.72. The Morgan fingerprint density at radius 1 is 1.27 bits per heavy atom. The molecule has 0 bridgehead atoms. The Morgan fingerprint density at radius 2 is 1.87 bits per heavy atom. The second-order valence-electron chi connectivity index (χ2n) is 4.23. The highest BCUT2D eigenvalue weighted by Gasteiger charge is 2.05. The zero-order chi connectivity index (χ0) is 11.3. The molecule has 0 spiro atoms. The van der Waals surface area contributed by atoms with E-state index in [2.05, 4.69) is 57.2 Å². The summed E-state index contributed by atoms with van der Waals surface area (Å²) in [7, 11) is 0. The Hall–Kier alpha value is -1.08. The van der Waals surface area contributed by atoms with Crippen LogP contribution in [0.15, 0.2) is 30.3 Å². The minimum Gasteiger partial charge on any atom is -0.324 e. The van der Waals surface area contributed by atoms with Crippen LogP contribution >= 0.6 is 0 Å². The van der Waals surface area contributed by atoms with Crippen LogP contribution in [0, 0.1) is 12.8 Å². The van der Waals surface area contributed by atoms with E-state index in [1.54, 1.807) is 0 Å². The maximum absolute atomic E-state index is 6.02. The summed E-state index contributed by atoms with van der Waals surface area (Å²) in [5.41, 5.74) is 8.53. The molecule has 0 radical (unpaired) electrons. The van der Waals surface area contributed by atoms with Crippen molar-refractivity contribution in [1.29, 1.82) is 0 Å². The van der Waals surface area contributed by atoms with Gasteiger partial charge in [0.1, 0.15) is 0 Å². The van der Waals surface area contributed by atoms with E-state index in [9.17, 15) is 0 Å². The number of nitrogens with two attached hydrogens (primary N) is 1. The van der Waals surface area contributed by atoms with Gasteiger partial charge in [0.25, 0.3) is 0 Å². The third-order valence-corrected chi connectivity index (χ3v) is 2.89. The zero-order valence-electron chi connectivity index (χ0n) is 9.90. The zero-order valence-corrected chi connectivity index (χ0v) is 9.90. The van der Waals surface area contributed by atoms with Gasteiger partial charge in [0.15, 0.2) is 0 Å². The van der Waals surface area contributed by atoms with Crippen molar-refractivity contribution in [2.45, 2.75) is 33.2 Å². The van der Waals surface area contributed by atoms with Gasteiger partial charge in [-0.05, 0) is 18.4 Å². The first-order valence-corrected chi connectivity index (χ1v) is 5.64. The maximum atomic E-state index is 6.02. The molecule has 1 aromatic carbocycles. The summed E-state index contributed by atoms with van der Waals surface area (Å²) in [6.45, 7) is 6.45. The van der Waals surface area contributed by atoms with Crippen LogP contribution in [0.2, 0.25) is 0 Å². The molecule has 0 fully saturated rings. The molecule has 0 aromatic heterocycles. The molecule has 0 aliphatic heterocycles. The van der Waals surface area contributed by atoms with Crippen molar-refractivity contribution < 1.29 is 0 Å². The summed E-state index contributed by atoms with van der Waals surface area (Å²) in [6.07, 6.45) is 5.33. The molecule has 0 saturated heterocycles. The van der Waals surface area contributed by atoms with Crippen LogP contribution in [0.5, 0.6) is 0 Å². The fourth-order valence-corrected chi connectivity index (χ4v) is 1.36. The van der Waals surface area contributed by atoms with Crippen LogP contribution in [0.1, 0.15) is 31.4 Å². The van der Waals surface area contributed by atoms with Crippen LogP contribution in [-0.4, -0.2) is 6.04 Å². The summed E-state index contributed by atoms with van der Waals surface area (Å²) >= 11 is 0. The van der Waals surface area contributed by atoms with E-state index < -0.39 is 0 Å². The first-order chi connectivity index (χ1) is 7.13. The lowest BCUT2D eigenvalue weighted by atomic mass is 9.99. The van der Waals surface area contributed by atoms with Gasteiger partial charge in [-0.25, -0.2) is 0 Å². The lowest BCUT2D eigenvalue weighted by Gasteiger charge is -2.13. The lowest BCUT2D eigenvalue weighted by Crippen LogP contribution is -2.24. The Kier molecular flexibility index (Phi) is 4.57. The summed E-state index contributed by atoms with van der Waals surface area (Å²) in [4.78, 5) is 0. The number of rotatable bonds is 4. The molecule has 0 aliphatic carbocycles. The van der Waals surface area contributed by atoms with Gasteiger partial charge in [-0.3, -0.25) is 0 Å². The summed E-state index contributed by atoms with van der Waals surface area (Å²) in [5.74, 6) is 0.548. The van der Waals surface area contributed by atoms with Gasteiger partial charge in [-0.2, -0.15) is 0 Å². The van der Waals surface area contributed by atoms with E-state index in [1.165, 1.54) is 11.1 Å². The number of benzene rings is 1. The molecule has 1 aromatic rings. The average molecular weight is 203 g/mol. The molecule has 2 atom stereocenters. The van der Waals surface area contributed by atoms with Gasteiger partial charge in [-0.15, -0.1) is 0 Å². The summed E-state index contributed by atoms with van der Waals surface area (Å²) in [6, 6.07) is 8.64. The van der Waals surface area contributed by atoms with Crippen LogP contribution in [-0.2, 0) is 0 Å². The maximum Gasteiger partial charge on any atom is 0.0252 e. The van der Waals surface area contributed by atoms with Crippen molar-refractivity contribution >= 4 is 6.08 Å². The van der Waals surface area contributed by atoms with Crippen molar-refractivity contribution in [2.75, 3.05) is 0 Å². The molecule has 1 heteroatoms. The van der Waals surface area contributed by atoms with Crippen LogP contribution in [0.4, 0.5) is 0 Å². The van der Waals surface area contributed by atoms with Gasteiger partial charge in [0.05, 0.1) is 0 Å². The third kappa shape index (κ3) is 3.88. The Morgan fingerprint density at radius 3 is 2.40 bits per heavy atom. The SMILES string of the molecule is CCC(C)[C@H](N)C=Cc1ccc(C)cc1. The number of hydrogen-bond donors (Lipinski definition) is 1. The Bertz CT molecular complexity index is 311. The summed E-state index contributed by atoms with van der Waals surface area (Å²) in [5, 5.41) is 0. The van der Waals surface area contributed by atoms with E-state index in [4.69, 9.17) is 5.73 Å². The number of aryl methyl sites for hydroxylation is 1. The Labute approximate surface area is 93.0 Å². The standard InChI is InChI=1S/C14H21N/c1-4-12(3)14(15)10-9-13-7-5-11(2)6-8-13/h5-10,12,14H,4,15H2,1-3H3/t12?,14-/m1/s1. The van der Waals surface area contributed by atoms with E-state index in [0.29, 0.717) is 5.92 Å². The quantitative estimate of drug-likeness (QED) is 0.797. The van der Waals surface area contributed by atoms with Crippen molar-refractivity contribution in [2.24, 2.45) is 11.7 Å². The highest BCUT2D eigenvalue weighted by atomic mass is 14.6. The normalized spacial score (nSPS) is 15.5. The molecule has 1 unspecified atom stereocenters. The molecule has 0 heterocycles. The van der Waals surface area contributed by atoms with Crippen LogP contribution in [0.3, 0.4) is 0 Å². The van der Waals surface area contributed by atoms with E-state index in [1.807, 2.05) is 0 Å². The fourth-order valence-electron chi connectivity index (χ4n) is 1.36. The highest BCUT2D eigenvalue weighted by molar-refractivity contribution is 5.50. The van der Waals surface area contributed by atoms with Crippen LogP contribution < -0.4 is 5.73 Å². The predicted molar refractivity (Wildman–Crippen MR) is 67.6 cm³/mol. The molecular formula is C14H21N. The molecule has 82 valence electrons. The summed E-state index contributed by atoms with van der Waals surface area (Å²) < 4.78 is 0. The second-order valence-corrected chi connectivity index (χ2v) is 4.23. The van der Waals surface area contributed by atoms with Crippen molar-refractivity contribution in [1.82, 2.24) is 0 Å². The molecule has 0 saturated carbocycles.